The summed E-state index contributed by atoms with van der Waals surface area (Å²) >= 11 is 2.76. The van der Waals surface area contributed by atoms with Gasteiger partial charge in [-0.3, -0.25) is 4.79 Å². The molecule has 1 aliphatic rings. The number of hydrogen-bond donors (Lipinski definition) is 1. The predicted molar refractivity (Wildman–Crippen MR) is 90.1 cm³/mol. The van der Waals surface area contributed by atoms with E-state index in [-0.39, 0.29) is 11.7 Å². The zero-order chi connectivity index (χ0) is 16.4. The van der Waals surface area contributed by atoms with Crippen LogP contribution in [-0.4, -0.2) is 26.8 Å². The van der Waals surface area contributed by atoms with Crippen LogP contribution in [0.3, 0.4) is 0 Å². The van der Waals surface area contributed by atoms with Crippen molar-refractivity contribution in [3.8, 4) is 11.7 Å². The zero-order valence-corrected chi connectivity index (χ0v) is 14.3. The van der Waals surface area contributed by atoms with Crippen molar-refractivity contribution in [2.75, 3.05) is 11.1 Å². The molecular weight excluding hydrogens is 348 g/mol. The lowest BCUT2D eigenvalue weighted by atomic mass is 10.0. The van der Waals surface area contributed by atoms with Crippen LogP contribution in [0, 0.1) is 0 Å². The Morgan fingerprint density at radius 3 is 3.08 bits per heavy atom. The van der Waals surface area contributed by atoms with Gasteiger partial charge >= 0.3 is 0 Å². The van der Waals surface area contributed by atoms with Gasteiger partial charge in [-0.05, 0) is 37.8 Å². The molecule has 3 aromatic rings. The predicted octanol–water partition coefficient (Wildman–Crippen LogP) is 3.40. The first-order valence-corrected chi connectivity index (χ1v) is 9.37. The minimum Gasteiger partial charge on any atom is -0.459 e. The van der Waals surface area contributed by atoms with E-state index in [0.717, 1.165) is 18.5 Å². The summed E-state index contributed by atoms with van der Waals surface area (Å²) in [5, 5.41) is 11.6. The molecule has 9 heteroatoms. The van der Waals surface area contributed by atoms with E-state index in [2.05, 4.69) is 20.5 Å². The molecule has 0 bridgehead atoms. The van der Waals surface area contributed by atoms with Gasteiger partial charge in [-0.25, -0.2) is 4.98 Å². The van der Waals surface area contributed by atoms with Crippen molar-refractivity contribution < 1.29 is 13.6 Å². The van der Waals surface area contributed by atoms with Crippen LogP contribution < -0.4 is 5.32 Å². The molecule has 0 atom stereocenters. The Morgan fingerprint density at radius 2 is 2.25 bits per heavy atom. The fourth-order valence-corrected chi connectivity index (χ4v) is 4.09. The van der Waals surface area contributed by atoms with Crippen molar-refractivity contribution in [2.24, 2.45) is 0 Å². The van der Waals surface area contributed by atoms with E-state index in [9.17, 15) is 4.79 Å². The number of thiazole rings is 1. The van der Waals surface area contributed by atoms with Crippen molar-refractivity contribution in [1.29, 1.82) is 0 Å². The molecule has 0 fully saturated rings. The summed E-state index contributed by atoms with van der Waals surface area (Å²) in [6.45, 7) is 0. The first-order valence-electron chi connectivity index (χ1n) is 7.56. The van der Waals surface area contributed by atoms with Gasteiger partial charge in [0.2, 0.25) is 5.91 Å². The Morgan fingerprint density at radius 1 is 1.33 bits per heavy atom. The molecule has 0 saturated carbocycles. The van der Waals surface area contributed by atoms with Crippen LogP contribution in [0.15, 0.2) is 32.5 Å². The van der Waals surface area contributed by atoms with Crippen molar-refractivity contribution in [3.05, 3.63) is 29.0 Å². The second-order valence-electron chi connectivity index (χ2n) is 5.28. The van der Waals surface area contributed by atoms with Gasteiger partial charge in [0.1, 0.15) is 0 Å². The van der Waals surface area contributed by atoms with Crippen molar-refractivity contribution in [3.63, 3.8) is 0 Å². The fraction of sp³-hybridized carbons (Fsp3) is 0.333. The standard InChI is InChI=1S/C15H14N4O3S2/c20-12(17-14-16-9-4-1-2-6-11(9)24-14)8-23-15-19-18-13(22-15)10-5-3-7-21-10/h3,5,7H,1-2,4,6,8H2,(H,16,17,20). The van der Waals surface area contributed by atoms with Crippen molar-refractivity contribution in [1.82, 2.24) is 15.2 Å². The molecule has 4 rings (SSSR count). The average molecular weight is 362 g/mol. The quantitative estimate of drug-likeness (QED) is 0.695. The fourth-order valence-electron chi connectivity index (χ4n) is 2.46. The van der Waals surface area contributed by atoms with Gasteiger partial charge in [0, 0.05) is 4.88 Å². The number of rotatable bonds is 5. The molecule has 0 aliphatic heterocycles. The zero-order valence-electron chi connectivity index (χ0n) is 12.7. The second kappa shape index (κ2) is 6.78. The van der Waals surface area contributed by atoms with Gasteiger partial charge in [0.05, 0.1) is 17.7 Å². The lowest BCUT2D eigenvalue weighted by Crippen LogP contribution is -2.13. The van der Waals surface area contributed by atoms with Crippen LogP contribution in [0.5, 0.6) is 0 Å². The van der Waals surface area contributed by atoms with Crippen LogP contribution in [0.4, 0.5) is 5.13 Å². The molecule has 24 heavy (non-hydrogen) atoms. The lowest BCUT2D eigenvalue weighted by molar-refractivity contribution is -0.113. The molecule has 3 heterocycles. The molecule has 124 valence electrons. The smallest absolute Gasteiger partial charge is 0.284 e. The number of fused-ring (bicyclic) bond motifs is 1. The first-order chi connectivity index (χ1) is 11.8. The number of thioether (sulfide) groups is 1. The lowest BCUT2D eigenvalue weighted by Gasteiger charge is -2.06. The maximum atomic E-state index is 12.1. The highest BCUT2D eigenvalue weighted by Gasteiger charge is 2.17. The number of furan rings is 1. The van der Waals surface area contributed by atoms with E-state index in [0.29, 0.717) is 22.0 Å². The summed E-state index contributed by atoms with van der Waals surface area (Å²) in [4.78, 5) is 17.9. The molecule has 0 unspecified atom stereocenters. The van der Waals surface area contributed by atoms with Crippen LogP contribution in [0.25, 0.3) is 11.7 Å². The number of carbonyl (C=O) groups is 1. The largest absolute Gasteiger partial charge is 0.459 e. The molecule has 0 aromatic carbocycles. The molecule has 0 saturated heterocycles. The maximum Gasteiger partial charge on any atom is 0.284 e. The Bertz CT molecular complexity index is 817. The Hall–Kier alpha value is -2.13. The number of nitrogens with one attached hydrogen (secondary N) is 1. The van der Waals surface area contributed by atoms with E-state index in [1.807, 2.05) is 0 Å². The summed E-state index contributed by atoms with van der Waals surface area (Å²) in [6, 6.07) is 3.48. The number of aryl methyl sites for hydroxylation is 2. The minimum atomic E-state index is -0.135. The minimum absolute atomic E-state index is 0.135. The number of aromatic nitrogens is 3. The van der Waals surface area contributed by atoms with E-state index in [4.69, 9.17) is 8.83 Å². The summed E-state index contributed by atoms with van der Waals surface area (Å²) in [5.41, 5.74) is 1.13. The summed E-state index contributed by atoms with van der Waals surface area (Å²) in [5.74, 6) is 0.857. The Balaban J connectivity index is 1.33. The van der Waals surface area contributed by atoms with Crippen LogP contribution in [0.2, 0.25) is 0 Å². The average Bonchev–Trinajstić information content (AvgIpc) is 3.31. The van der Waals surface area contributed by atoms with Crippen LogP contribution in [-0.2, 0) is 17.6 Å². The molecule has 1 N–H and O–H groups in total. The number of anilines is 1. The Labute approximate surface area is 145 Å². The maximum absolute atomic E-state index is 12.1. The van der Waals surface area contributed by atoms with E-state index >= 15 is 0 Å². The summed E-state index contributed by atoms with van der Waals surface area (Å²) in [6.07, 6.45) is 5.99. The highest BCUT2D eigenvalue weighted by Crippen LogP contribution is 2.30. The first kappa shape index (κ1) is 15.4. The second-order valence-corrected chi connectivity index (χ2v) is 7.29. The molecule has 7 nitrogen and oxygen atoms in total. The summed E-state index contributed by atoms with van der Waals surface area (Å²) < 4.78 is 10.6. The summed E-state index contributed by atoms with van der Waals surface area (Å²) in [7, 11) is 0. The third-order valence-electron chi connectivity index (χ3n) is 3.56. The number of hydrogen-bond acceptors (Lipinski definition) is 8. The van der Waals surface area contributed by atoms with E-state index < -0.39 is 0 Å². The van der Waals surface area contributed by atoms with Crippen molar-refractivity contribution >= 4 is 34.1 Å². The van der Waals surface area contributed by atoms with Gasteiger partial charge < -0.3 is 14.2 Å². The number of carbonyl (C=O) groups excluding carboxylic acids is 1. The van der Waals surface area contributed by atoms with Gasteiger partial charge in [-0.1, -0.05) is 11.8 Å². The van der Waals surface area contributed by atoms with E-state index in [1.165, 1.54) is 35.7 Å². The van der Waals surface area contributed by atoms with E-state index in [1.54, 1.807) is 23.5 Å². The van der Waals surface area contributed by atoms with Gasteiger partial charge in [0.15, 0.2) is 10.9 Å². The molecular formula is C15H14N4O3S2. The topological polar surface area (TPSA) is 94.0 Å². The van der Waals surface area contributed by atoms with Crippen molar-refractivity contribution in [2.45, 2.75) is 30.9 Å². The van der Waals surface area contributed by atoms with Gasteiger partial charge in [-0.2, -0.15) is 0 Å². The monoisotopic (exact) mass is 362 g/mol. The van der Waals surface area contributed by atoms with Gasteiger partial charge in [0.25, 0.3) is 11.1 Å². The van der Waals surface area contributed by atoms with Crippen LogP contribution >= 0.6 is 23.1 Å². The molecule has 0 radical (unpaired) electrons. The number of nitrogens with zero attached hydrogens (tertiary/aromatic N) is 3. The molecule has 3 aromatic heterocycles. The van der Waals surface area contributed by atoms with Gasteiger partial charge in [-0.15, -0.1) is 21.5 Å². The SMILES string of the molecule is O=C(CSc1nnc(-c2ccco2)o1)Nc1nc2c(s1)CCCC2. The number of amides is 1. The highest BCUT2D eigenvalue weighted by atomic mass is 32.2. The Kier molecular flexibility index (Phi) is 4.35. The molecule has 1 aliphatic carbocycles. The molecule has 0 spiro atoms. The highest BCUT2D eigenvalue weighted by molar-refractivity contribution is 7.99. The third-order valence-corrected chi connectivity index (χ3v) is 5.45. The third kappa shape index (κ3) is 3.36. The normalized spacial score (nSPS) is 13.7. The molecule has 1 amide bonds. The van der Waals surface area contributed by atoms with Crippen LogP contribution in [0.1, 0.15) is 23.4 Å².